The largest absolute Gasteiger partial charge is 0.288 e. The van der Waals surface area contributed by atoms with E-state index in [1.54, 1.807) is 28.7 Å². The lowest BCUT2D eigenvalue weighted by molar-refractivity contribution is 0.105. The zero-order chi connectivity index (χ0) is 19.2. The molecule has 0 fully saturated rings. The first-order chi connectivity index (χ1) is 13.8. The first-order valence-electron chi connectivity index (χ1n) is 9.24. The number of carbonyl (C=O) groups excluding carboxylic acids is 1. The lowest BCUT2D eigenvalue weighted by Crippen LogP contribution is -1.88. The summed E-state index contributed by atoms with van der Waals surface area (Å²) in [4.78, 5) is 16.9. The van der Waals surface area contributed by atoms with Gasteiger partial charge in [-0.15, -0.1) is 22.7 Å². The Bertz CT molecular complexity index is 1070. The third kappa shape index (κ3) is 4.94. The Balaban J connectivity index is 1.38. The van der Waals surface area contributed by atoms with Crippen molar-refractivity contribution in [3.8, 4) is 0 Å². The van der Waals surface area contributed by atoms with Crippen LogP contribution in [0.2, 0.25) is 0 Å². The molecule has 2 aromatic heterocycles. The average Bonchev–Trinajstić information content (AvgIpc) is 3.37. The number of ketones is 1. The van der Waals surface area contributed by atoms with Crippen molar-refractivity contribution in [2.45, 2.75) is 12.8 Å². The Morgan fingerprint density at radius 3 is 1.89 bits per heavy atom. The molecule has 3 heteroatoms. The molecular formula is C25H20OS2. The number of carbonyl (C=O) groups is 1. The van der Waals surface area contributed by atoms with Crippen LogP contribution >= 0.6 is 22.7 Å². The molecule has 1 nitrogen and oxygen atoms in total. The second-order valence-corrected chi connectivity index (χ2v) is 8.96. The van der Waals surface area contributed by atoms with Gasteiger partial charge in [0.25, 0.3) is 0 Å². The van der Waals surface area contributed by atoms with Gasteiger partial charge in [-0.25, -0.2) is 0 Å². The van der Waals surface area contributed by atoms with Crippen LogP contribution in [0.25, 0.3) is 6.08 Å². The van der Waals surface area contributed by atoms with Crippen LogP contribution in [0.1, 0.15) is 35.4 Å². The van der Waals surface area contributed by atoms with Crippen molar-refractivity contribution in [2.75, 3.05) is 0 Å². The molecule has 0 saturated carbocycles. The summed E-state index contributed by atoms with van der Waals surface area (Å²) in [6.45, 7) is 0. The van der Waals surface area contributed by atoms with Crippen LogP contribution in [0.5, 0.6) is 0 Å². The van der Waals surface area contributed by atoms with Gasteiger partial charge in [-0.3, -0.25) is 4.79 Å². The second kappa shape index (κ2) is 8.96. The van der Waals surface area contributed by atoms with Crippen LogP contribution in [0.3, 0.4) is 0 Å². The van der Waals surface area contributed by atoms with Crippen molar-refractivity contribution in [2.24, 2.45) is 0 Å². The van der Waals surface area contributed by atoms with E-state index in [4.69, 9.17) is 0 Å². The van der Waals surface area contributed by atoms with Gasteiger partial charge < -0.3 is 0 Å². The van der Waals surface area contributed by atoms with Crippen LogP contribution in [-0.2, 0) is 12.8 Å². The minimum atomic E-state index is 0.0716. The molecule has 0 unspecified atom stereocenters. The monoisotopic (exact) mass is 400 g/mol. The van der Waals surface area contributed by atoms with Gasteiger partial charge in [0.1, 0.15) is 0 Å². The summed E-state index contributed by atoms with van der Waals surface area (Å²) in [5.74, 6) is 0.0716. The Hall–Kier alpha value is -2.75. The molecule has 0 aliphatic carbocycles. The standard InChI is InChI=1S/C25H20OS2/c26-24(25-16-14-23(28-25)18-20-9-5-2-6-10-20)15-13-21-11-12-22(27-21)17-19-7-3-1-4-8-19/h1-16H,17-18H2/b15-13+. The van der Waals surface area contributed by atoms with E-state index in [0.29, 0.717) is 0 Å². The average molecular weight is 401 g/mol. The summed E-state index contributed by atoms with van der Waals surface area (Å²) in [6, 6.07) is 29.0. The number of rotatable bonds is 7. The van der Waals surface area contributed by atoms with Crippen LogP contribution in [0, 0.1) is 0 Å². The number of thiophene rings is 2. The minimum absolute atomic E-state index is 0.0716. The highest BCUT2D eigenvalue weighted by Crippen LogP contribution is 2.23. The molecule has 0 radical (unpaired) electrons. The topological polar surface area (TPSA) is 17.1 Å². The van der Waals surface area contributed by atoms with Crippen LogP contribution in [-0.4, -0.2) is 5.78 Å². The maximum atomic E-state index is 12.5. The van der Waals surface area contributed by atoms with E-state index in [1.165, 1.54) is 20.9 Å². The third-order valence-electron chi connectivity index (χ3n) is 4.43. The van der Waals surface area contributed by atoms with Crippen molar-refractivity contribution in [1.82, 2.24) is 0 Å². The molecule has 0 N–H and O–H groups in total. The first kappa shape index (κ1) is 18.6. The summed E-state index contributed by atoms with van der Waals surface area (Å²) in [5.41, 5.74) is 2.57. The van der Waals surface area contributed by atoms with Crippen molar-refractivity contribution < 1.29 is 4.79 Å². The molecule has 2 aromatic carbocycles. The summed E-state index contributed by atoms with van der Waals surface area (Å²) in [6.07, 6.45) is 5.42. The molecule has 0 aliphatic rings. The van der Waals surface area contributed by atoms with Gasteiger partial charge in [-0.2, -0.15) is 0 Å². The highest BCUT2D eigenvalue weighted by Gasteiger charge is 2.07. The van der Waals surface area contributed by atoms with Gasteiger partial charge in [-0.1, -0.05) is 60.7 Å². The molecule has 4 aromatic rings. The van der Waals surface area contributed by atoms with Gasteiger partial charge in [0, 0.05) is 27.5 Å². The molecule has 0 saturated heterocycles. The molecule has 0 spiro atoms. The van der Waals surface area contributed by atoms with E-state index in [-0.39, 0.29) is 5.78 Å². The smallest absolute Gasteiger partial charge is 0.195 e. The fraction of sp³-hybridized carbons (Fsp3) is 0.0800. The normalized spacial score (nSPS) is 11.1. The molecule has 0 atom stereocenters. The molecule has 138 valence electrons. The van der Waals surface area contributed by atoms with E-state index in [1.807, 2.05) is 36.4 Å². The van der Waals surface area contributed by atoms with E-state index in [0.717, 1.165) is 22.6 Å². The van der Waals surface area contributed by atoms with Gasteiger partial charge in [0.05, 0.1) is 4.88 Å². The maximum absolute atomic E-state index is 12.5. The third-order valence-corrected chi connectivity index (χ3v) is 6.58. The molecule has 4 rings (SSSR count). The van der Waals surface area contributed by atoms with Gasteiger partial charge in [0.15, 0.2) is 5.78 Å². The Morgan fingerprint density at radius 2 is 1.25 bits per heavy atom. The predicted octanol–water partition coefficient (Wildman–Crippen LogP) is 6.89. The van der Waals surface area contributed by atoms with E-state index < -0.39 is 0 Å². The van der Waals surface area contributed by atoms with Crippen molar-refractivity contribution in [3.05, 3.63) is 122 Å². The molecule has 2 heterocycles. The van der Waals surface area contributed by atoms with Gasteiger partial charge >= 0.3 is 0 Å². The van der Waals surface area contributed by atoms with E-state index >= 15 is 0 Å². The Kier molecular flexibility index (Phi) is 5.95. The second-order valence-electron chi connectivity index (χ2n) is 6.59. The minimum Gasteiger partial charge on any atom is -0.288 e. The quantitative estimate of drug-likeness (QED) is 0.244. The first-order valence-corrected chi connectivity index (χ1v) is 10.9. The summed E-state index contributed by atoms with van der Waals surface area (Å²) in [7, 11) is 0. The molecule has 0 aliphatic heterocycles. The Labute approximate surface area is 173 Å². The van der Waals surface area contributed by atoms with Crippen molar-refractivity contribution >= 4 is 34.5 Å². The summed E-state index contributed by atoms with van der Waals surface area (Å²) >= 11 is 3.32. The van der Waals surface area contributed by atoms with Gasteiger partial charge in [0.2, 0.25) is 0 Å². The fourth-order valence-corrected chi connectivity index (χ4v) is 4.93. The molecule has 0 amide bonds. The summed E-state index contributed by atoms with van der Waals surface area (Å²) in [5, 5.41) is 0. The lowest BCUT2D eigenvalue weighted by Gasteiger charge is -1.97. The highest BCUT2D eigenvalue weighted by atomic mass is 32.1. The SMILES string of the molecule is O=C(/C=C/c1ccc(Cc2ccccc2)s1)c1ccc(Cc2ccccc2)s1. The molecular weight excluding hydrogens is 380 g/mol. The highest BCUT2D eigenvalue weighted by molar-refractivity contribution is 7.14. The predicted molar refractivity (Wildman–Crippen MR) is 120 cm³/mol. The van der Waals surface area contributed by atoms with E-state index in [9.17, 15) is 4.79 Å². The number of allylic oxidation sites excluding steroid dienone is 1. The van der Waals surface area contributed by atoms with Gasteiger partial charge in [-0.05, 0) is 47.5 Å². The Morgan fingerprint density at radius 1 is 0.679 bits per heavy atom. The number of hydrogen-bond acceptors (Lipinski definition) is 3. The maximum Gasteiger partial charge on any atom is 0.195 e. The molecule has 0 bridgehead atoms. The van der Waals surface area contributed by atoms with Crippen molar-refractivity contribution in [3.63, 3.8) is 0 Å². The zero-order valence-corrected chi connectivity index (χ0v) is 17.0. The van der Waals surface area contributed by atoms with Crippen LogP contribution in [0.4, 0.5) is 0 Å². The van der Waals surface area contributed by atoms with Crippen molar-refractivity contribution in [1.29, 1.82) is 0 Å². The van der Waals surface area contributed by atoms with Crippen LogP contribution < -0.4 is 0 Å². The zero-order valence-electron chi connectivity index (χ0n) is 15.4. The lowest BCUT2D eigenvalue weighted by atomic mass is 10.1. The number of hydrogen-bond donors (Lipinski definition) is 0. The fourth-order valence-electron chi connectivity index (χ4n) is 3.02. The number of benzene rings is 2. The molecule has 28 heavy (non-hydrogen) atoms. The van der Waals surface area contributed by atoms with Crippen LogP contribution in [0.15, 0.2) is 91.0 Å². The summed E-state index contributed by atoms with van der Waals surface area (Å²) < 4.78 is 0. The van der Waals surface area contributed by atoms with E-state index in [2.05, 4.69) is 54.6 Å².